The van der Waals surface area contributed by atoms with E-state index in [1.54, 1.807) is 24.3 Å². The SMILES string of the molecule is C=CCO[C@@]12Oc3ccc(OC(=O)NCC)cc3[C@H]3[C@H](CCCCO)[C@@H](CCCCO)C=C(C(=NOCC)C[C@@H]1N(Cc1ccc(F)cc1)C(=O)C1CC1)[C@H]32. The molecule has 1 heterocycles. The highest BCUT2D eigenvalue weighted by atomic mass is 19.1. The lowest BCUT2D eigenvalue weighted by Crippen LogP contribution is -2.70. The van der Waals surface area contributed by atoms with Crippen molar-refractivity contribution in [2.75, 3.05) is 33.0 Å². The van der Waals surface area contributed by atoms with Crippen LogP contribution in [0.5, 0.6) is 11.5 Å². The molecule has 2 fully saturated rings. The van der Waals surface area contributed by atoms with E-state index in [1.807, 2.05) is 30.9 Å². The van der Waals surface area contributed by atoms with E-state index in [0.29, 0.717) is 43.2 Å². The molecule has 4 aliphatic rings. The van der Waals surface area contributed by atoms with E-state index in [-0.39, 0.29) is 68.2 Å². The number of carbonyl (C=O) groups is 2. The van der Waals surface area contributed by atoms with Crippen molar-refractivity contribution in [2.24, 2.45) is 28.8 Å². The molecule has 2 aromatic carbocycles. The minimum Gasteiger partial charge on any atom is -0.459 e. The van der Waals surface area contributed by atoms with Crippen molar-refractivity contribution in [3.63, 3.8) is 0 Å². The number of amides is 2. The number of hydrogen-bond acceptors (Lipinski definition) is 9. The van der Waals surface area contributed by atoms with Gasteiger partial charge in [0.15, 0.2) is 0 Å². The zero-order valence-corrected chi connectivity index (χ0v) is 32.1. The number of ether oxygens (including phenoxy) is 3. The van der Waals surface area contributed by atoms with Gasteiger partial charge in [-0.1, -0.05) is 42.3 Å². The van der Waals surface area contributed by atoms with Gasteiger partial charge in [-0.25, -0.2) is 9.18 Å². The van der Waals surface area contributed by atoms with Gasteiger partial charge in [-0.2, -0.15) is 0 Å². The molecule has 0 aromatic heterocycles. The molecule has 2 saturated carbocycles. The molecule has 2 amide bonds. The van der Waals surface area contributed by atoms with Crippen LogP contribution in [0.25, 0.3) is 0 Å². The van der Waals surface area contributed by atoms with Crippen molar-refractivity contribution in [1.82, 2.24) is 10.2 Å². The summed E-state index contributed by atoms with van der Waals surface area (Å²) in [5.41, 5.74) is 3.25. The van der Waals surface area contributed by atoms with Crippen molar-refractivity contribution < 1.29 is 43.2 Å². The third-order valence-corrected chi connectivity index (χ3v) is 11.3. The second-order valence-electron chi connectivity index (χ2n) is 15.0. The molecular weight excluding hydrogens is 705 g/mol. The summed E-state index contributed by atoms with van der Waals surface area (Å²) >= 11 is 0. The second-order valence-corrected chi connectivity index (χ2v) is 15.0. The van der Waals surface area contributed by atoms with E-state index in [2.05, 4.69) is 18.0 Å². The highest BCUT2D eigenvalue weighted by Crippen LogP contribution is 2.62. The van der Waals surface area contributed by atoms with Gasteiger partial charge in [0.05, 0.1) is 18.2 Å². The summed E-state index contributed by atoms with van der Waals surface area (Å²) in [6, 6.07) is 10.9. The Hall–Kier alpha value is -4.26. The smallest absolute Gasteiger partial charge is 0.412 e. The quantitative estimate of drug-likeness (QED) is 0.0789. The van der Waals surface area contributed by atoms with Crippen molar-refractivity contribution in [1.29, 1.82) is 0 Å². The van der Waals surface area contributed by atoms with Crippen LogP contribution in [0.1, 0.15) is 88.7 Å². The predicted molar refractivity (Wildman–Crippen MR) is 206 cm³/mol. The van der Waals surface area contributed by atoms with Crippen molar-refractivity contribution in [3.05, 3.63) is 83.7 Å². The molecule has 6 rings (SSSR count). The van der Waals surface area contributed by atoms with Gasteiger partial charge in [-0.15, -0.1) is 6.58 Å². The molecule has 55 heavy (non-hydrogen) atoms. The number of allylic oxidation sites excluding steroid dienone is 1. The van der Waals surface area contributed by atoms with Crippen LogP contribution in [-0.4, -0.2) is 77.6 Å². The standard InChI is InChI=1S/C43H56FN3O8/c1-4-23-52-43-38(47(41(50)29-15-16-29)27-28-13-17-31(44)18-14-28)26-36(46-53-6-3)34-24-30(11-7-9-21-48)33(12-8-10-22-49)39(40(34)43)35-25-32(19-20-37(35)55-43)54-42(51)45-5-2/h4,13-14,17-20,24-25,29-30,33,38-40,48-49H,1,5-12,15-16,21-23,26-27H2,2-3H3,(H,45,51)/t30-,33+,38-,39+,40+,43+/m0/s1. The molecule has 0 saturated heterocycles. The third kappa shape index (κ3) is 8.92. The number of fused-ring (bicyclic) bond motifs is 2. The van der Waals surface area contributed by atoms with E-state index < -0.39 is 23.8 Å². The monoisotopic (exact) mass is 761 g/mol. The number of nitrogens with one attached hydrogen (secondary N) is 1. The average molecular weight is 762 g/mol. The molecule has 6 atom stereocenters. The summed E-state index contributed by atoms with van der Waals surface area (Å²) in [5, 5.41) is 27.1. The number of aliphatic hydroxyl groups is 2. The van der Waals surface area contributed by atoms with E-state index in [0.717, 1.165) is 55.2 Å². The number of unbranched alkanes of at least 4 members (excludes halogenated alkanes) is 2. The Morgan fingerprint density at radius 1 is 1.07 bits per heavy atom. The first-order chi connectivity index (χ1) is 26.8. The van der Waals surface area contributed by atoms with Gasteiger partial charge in [0, 0.05) is 50.1 Å². The number of hydrogen-bond donors (Lipinski definition) is 3. The molecule has 0 radical (unpaired) electrons. The van der Waals surface area contributed by atoms with Crippen LogP contribution in [0.15, 0.2) is 71.9 Å². The van der Waals surface area contributed by atoms with Crippen LogP contribution in [0.3, 0.4) is 0 Å². The highest BCUT2D eigenvalue weighted by Gasteiger charge is 2.66. The number of halogens is 1. The molecule has 0 bridgehead atoms. The molecular formula is C43H56FN3O8. The number of rotatable bonds is 19. The van der Waals surface area contributed by atoms with Crippen LogP contribution in [-0.2, 0) is 20.9 Å². The fourth-order valence-corrected chi connectivity index (χ4v) is 8.83. The largest absolute Gasteiger partial charge is 0.459 e. The maximum Gasteiger partial charge on any atom is 0.412 e. The van der Waals surface area contributed by atoms with Gasteiger partial charge in [0.25, 0.3) is 0 Å². The van der Waals surface area contributed by atoms with Gasteiger partial charge in [-0.3, -0.25) is 4.79 Å². The van der Waals surface area contributed by atoms with Crippen LogP contribution >= 0.6 is 0 Å². The van der Waals surface area contributed by atoms with Gasteiger partial charge in [0.1, 0.15) is 30.0 Å². The second kappa shape index (κ2) is 18.6. The maximum absolute atomic E-state index is 14.6. The molecule has 3 N–H and O–H groups in total. The molecule has 2 aromatic rings. The van der Waals surface area contributed by atoms with Crippen molar-refractivity contribution in [3.8, 4) is 11.5 Å². The van der Waals surface area contributed by atoms with Crippen LogP contribution in [0.4, 0.5) is 9.18 Å². The maximum atomic E-state index is 14.6. The first-order valence-corrected chi connectivity index (χ1v) is 20.0. The summed E-state index contributed by atoms with van der Waals surface area (Å²) in [4.78, 5) is 34.9. The summed E-state index contributed by atoms with van der Waals surface area (Å²) in [6.07, 6.45) is 9.72. The minimum absolute atomic E-state index is 0.0184. The van der Waals surface area contributed by atoms with E-state index in [4.69, 9.17) is 24.2 Å². The normalized spacial score (nSPS) is 25.9. The van der Waals surface area contributed by atoms with Gasteiger partial charge < -0.3 is 39.5 Å². The van der Waals surface area contributed by atoms with Gasteiger partial charge in [-0.05, 0) is 106 Å². The number of nitrogens with zero attached hydrogens (tertiary/aromatic N) is 2. The van der Waals surface area contributed by atoms with Gasteiger partial charge in [0.2, 0.25) is 11.7 Å². The summed E-state index contributed by atoms with van der Waals surface area (Å²) < 4.78 is 34.1. The molecule has 0 spiro atoms. The summed E-state index contributed by atoms with van der Waals surface area (Å²) in [7, 11) is 0. The Labute approximate surface area is 323 Å². The molecule has 1 aliphatic heterocycles. The Balaban J connectivity index is 1.59. The van der Waals surface area contributed by atoms with Crippen LogP contribution < -0.4 is 14.8 Å². The van der Waals surface area contributed by atoms with E-state index in [1.165, 1.54) is 12.1 Å². The Morgan fingerprint density at radius 3 is 2.49 bits per heavy atom. The first-order valence-electron chi connectivity index (χ1n) is 20.0. The highest BCUT2D eigenvalue weighted by molar-refractivity contribution is 6.03. The lowest BCUT2D eigenvalue weighted by molar-refractivity contribution is -0.258. The summed E-state index contributed by atoms with van der Waals surface area (Å²) in [6.45, 7) is 8.95. The van der Waals surface area contributed by atoms with E-state index in [9.17, 15) is 24.2 Å². The topological polar surface area (TPSA) is 139 Å². The molecule has 298 valence electrons. The molecule has 0 unspecified atom stereocenters. The third-order valence-electron chi connectivity index (χ3n) is 11.3. The van der Waals surface area contributed by atoms with Crippen molar-refractivity contribution in [2.45, 2.75) is 95.9 Å². The average Bonchev–Trinajstić information content (AvgIpc) is 4.04. The van der Waals surface area contributed by atoms with Crippen LogP contribution in [0, 0.1) is 29.5 Å². The number of benzene rings is 2. The number of aliphatic hydroxyl groups excluding tert-OH is 2. The predicted octanol–water partition coefficient (Wildman–Crippen LogP) is 7.03. The number of oxime groups is 1. The number of carbonyl (C=O) groups excluding carboxylic acids is 2. The van der Waals surface area contributed by atoms with E-state index >= 15 is 0 Å². The first kappa shape index (κ1) is 40.4. The lowest BCUT2D eigenvalue weighted by Gasteiger charge is -2.60. The Bertz CT molecular complexity index is 1710. The van der Waals surface area contributed by atoms with Gasteiger partial charge >= 0.3 is 6.09 Å². The fourth-order valence-electron chi connectivity index (χ4n) is 8.83. The zero-order chi connectivity index (χ0) is 39.0. The summed E-state index contributed by atoms with van der Waals surface area (Å²) in [5.74, 6) is -1.69. The Morgan fingerprint density at radius 2 is 1.82 bits per heavy atom. The molecule has 11 nitrogen and oxygen atoms in total. The van der Waals surface area contributed by atoms with Crippen LogP contribution in [0.2, 0.25) is 0 Å². The minimum atomic E-state index is -1.42. The Kier molecular flexibility index (Phi) is 13.7. The lowest BCUT2D eigenvalue weighted by atomic mass is 9.55. The molecule has 12 heteroatoms. The van der Waals surface area contributed by atoms with Crippen molar-refractivity contribution >= 4 is 17.7 Å². The zero-order valence-electron chi connectivity index (χ0n) is 32.1. The molecule has 3 aliphatic carbocycles. The fraction of sp³-hybridized carbons (Fsp3) is 0.558.